The van der Waals surface area contributed by atoms with Crippen LogP contribution in [0.4, 0.5) is 0 Å². The topological polar surface area (TPSA) is 56.8 Å². The molecule has 1 amide bonds. The quantitative estimate of drug-likeness (QED) is 0.787. The van der Waals surface area contributed by atoms with Crippen LogP contribution in [0, 0.1) is 20.8 Å². The van der Waals surface area contributed by atoms with E-state index in [0.29, 0.717) is 24.5 Å². The van der Waals surface area contributed by atoms with Crippen LogP contribution in [0.5, 0.6) is 17.2 Å². The molecule has 0 heterocycles. The molecule has 0 aromatic heterocycles. The average molecular weight is 357 g/mol. The Kier molecular flexibility index (Phi) is 6.89. The molecule has 5 heteroatoms. The van der Waals surface area contributed by atoms with E-state index in [0.717, 1.165) is 28.0 Å². The first-order chi connectivity index (χ1) is 12.4. The third-order valence-electron chi connectivity index (χ3n) is 4.31. The van der Waals surface area contributed by atoms with Gasteiger partial charge in [-0.3, -0.25) is 4.79 Å². The van der Waals surface area contributed by atoms with Crippen LogP contribution in [0.3, 0.4) is 0 Å². The van der Waals surface area contributed by atoms with Crippen molar-refractivity contribution in [3.05, 3.63) is 52.6 Å². The van der Waals surface area contributed by atoms with Crippen molar-refractivity contribution < 1.29 is 19.0 Å². The lowest BCUT2D eigenvalue weighted by Gasteiger charge is -2.13. The first-order valence-electron chi connectivity index (χ1n) is 8.63. The monoisotopic (exact) mass is 357 g/mol. The zero-order valence-corrected chi connectivity index (χ0v) is 16.1. The molecule has 2 rings (SSSR count). The van der Waals surface area contributed by atoms with E-state index in [-0.39, 0.29) is 12.5 Å². The van der Waals surface area contributed by atoms with Crippen molar-refractivity contribution in [2.24, 2.45) is 0 Å². The molecule has 0 unspecified atom stereocenters. The van der Waals surface area contributed by atoms with Crippen molar-refractivity contribution in [3.8, 4) is 17.2 Å². The Balaban J connectivity index is 1.83. The minimum Gasteiger partial charge on any atom is -0.493 e. The molecule has 0 aliphatic heterocycles. The highest BCUT2D eigenvalue weighted by Crippen LogP contribution is 2.27. The molecule has 5 nitrogen and oxygen atoms in total. The summed E-state index contributed by atoms with van der Waals surface area (Å²) in [5.41, 5.74) is 4.41. The molecular weight excluding hydrogens is 330 g/mol. The Bertz CT molecular complexity index is 771. The summed E-state index contributed by atoms with van der Waals surface area (Å²) in [6.45, 7) is 6.60. The van der Waals surface area contributed by atoms with Gasteiger partial charge in [-0.15, -0.1) is 0 Å². The van der Waals surface area contributed by atoms with Crippen molar-refractivity contribution >= 4 is 5.91 Å². The summed E-state index contributed by atoms with van der Waals surface area (Å²) in [4.78, 5) is 12.0. The van der Waals surface area contributed by atoms with E-state index in [4.69, 9.17) is 14.2 Å². The summed E-state index contributed by atoms with van der Waals surface area (Å²) >= 11 is 0. The smallest absolute Gasteiger partial charge is 0.257 e. The number of rotatable bonds is 8. The molecular formula is C21H27NO4. The lowest BCUT2D eigenvalue weighted by Crippen LogP contribution is -2.30. The van der Waals surface area contributed by atoms with Gasteiger partial charge in [-0.2, -0.15) is 0 Å². The van der Waals surface area contributed by atoms with E-state index < -0.39 is 0 Å². The van der Waals surface area contributed by atoms with Crippen LogP contribution in [-0.4, -0.2) is 33.3 Å². The minimum atomic E-state index is -0.135. The van der Waals surface area contributed by atoms with Gasteiger partial charge in [0.2, 0.25) is 0 Å². The number of hydrogen-bond donors (Lipinski definition) is 1. The predicted octanol–water partition coefficient (Wildman–Crippen LogP) is 3.37. The normalized spacial score (nSPS) is 10.3. The maximum Gasteiger partial charge on any atom is 0.257 e. The number of hydrogen-bond acceptors (Lipinski definition) is 4. The van der Waals surface area contributed by atoms with Gasteiger partial charge in [-0.25, -0.2) is 0 Å². The van der Waals surface area contributed by atoms with Crippen LogP contribution >= 0.6 is 0 Å². The highest BCUT2D eigenvalue weighted by molar-refractivity contribution is 5.77. The first-order valence-corrected chi connectivity index (χ1v) is 8.63. The summed E-state index contributed by atoms with van der Waals surface area (Å²) < 4.78 is 16.2. The van der Waals surface area contributed by atoms with Gasteiger partial charge in [0.05, 0.1) is 14.2 Å². The second-order valence-corrected chi connectivity index (χ2v) is 6.28. The lowest BCUT2D eigenvalue weighted by atomic mass is 10.1. The van der Waals surface area contributed by atoms with Crippen molar-refractivity contribution in [3.63, 3.8) is 0 Å². The zero-order chi connectivity index (χ0) is 19.1. The molecule has 0 aliphatic carbocycles. The molecule has 0 bridgehead atoms. The Morgan fingerprint density at radius 1 is 0.962 bits per heavy atom. The second kappa shape index (κ2) is 9.13. The molecule has 0 saturated carbocycles. The third kappa shape index (κ3) is 5.15. The van der Waals surface area contributed by atoms with Crippen molar-refractivity contribution in [1.29, 1.82) is 0 Å². The molecule has 0 saturated heterocycles. The van der Waals surface area contributed by atoms with Gasteiger partial charge in [0, 0.05) is 6.54 Å². The summed E-state index contributed by atoms with van der Waals surface area (Å²) in [7, 11) is 3.21. The molecule has 0 radical (unpaired) electrons. The molecule has 1 N–H and O–H groups in total. The Labute approximate surface area is 155 Å². The van der Waals surface area contributed by atoms with Crippen molar-refractivity contribution in [2.45, 2.75) is 27.2 Å². The van der Waals surface area contributed by atoms with E-state index in [1.165, 1.54) is 0 Å². The number of amides is 1. The summed E-state index contributed by atoms with van der Waals surface area (Å²) in [6, 6.07) is 9.80. The summed E-state index contributed by atoms with van der Waals surface area (Å²) in [5.74, 6) is 2.00. The third-order valence-corrected chi connectivity index (χ3v) is 4.31. The molecule has 0 atom stereocenters. The van der Waals surface area contributed by atoms with Crippen LogP contribution < -0.4 is 19.5 Å². The van der Waals surface area contributed by atoms with Gasteiger partial charge < -0.3 is 19.5 Å². The van der Waals surface area contributed by atoms with Crippen LogP contribution in [0.2, 0.25) is 0 Å². The molecule has 0 fully saturated rings. The van der Waals surface area contributed by atoms with Gasteiger partial charge in [-0.05, 0) is 67.6 Å². The van der Waals surface area contributed by atoms with Crippen LogP contribution in [0.1, 0.15) is 22.3 Å². The maximum atomic E-state index is 12.0. The van der Waals surface area contributed by atoms with E-state index in [9.17, 15) is 4.79 Å². The maximum absolute atomic E-state index is 12.0. The molecule has 0 aliphatic rings. The Hall–Kier alpha value is -2.69. The van der Waals surface area contributed by atoms with Gasteiger partial charge in [0.25, 0.3) is 5.91 Å². The molecule has 26 heavy (non-hydrogen) atoms. The molecule has 2 aromatic carbocycles. The second-order valence-electron chi connectivity index (χ2n) is 6.28. The lowest BCUT2D eigenvalue weighted by molar-refractivity contribution is -0.123. The fourth-order valence-electron chi connectivity index (χ4n) is 2.73. The fourth-order valence-corrected chi connectivity index (χ4v) is 2.73. The number of carbonyl (C=O) groups is 1. The Morgan fingerprint density at radius 3 is 2.38 bits per heavy atom. The fraction of sp³-hybridized carbons (Fsp3) is 0.381. The van der Waals surface area contributed by atoms with Gasteiger partial charge >= 0.3 is 0 Å². The molecule has 0 spiro atoms. The Morgan fingerprint density at radius 2 is 1.69 bits per heavy atom. The van der Waals surface area contributed by atoms with E-state index in [2.05, 4.69) is 11.4 Å². The largest absolute Gasteiger partial charge is 0.493 e. The SMILES string of the molecule is COc1ccc(CCNC(=O)COc2cc(C)cc(C)c2C)cc1OC. The van der Waals surface area contributed by atoms with Crippen molar-refractivity contribution in [1.82, 2.24) is 5.32 Å². The molecule has 140 valence electrons. The number of nitrogens with one attached hydrogen (secondary N) is 1. The average Bonchev–Trinajstić information content (AvgIpc) is 2.63. The van der Waals surface area contributed by atoms with E-state index >= 15 is 0 Å². The number of methoxy groups -OCH3 is 2. The highest BCUT2D eigenvalue weighted by atomic mass is 16.5. The first kappa shape index (κ1) is 19.6. The summed E-state index contributed by atoms with van der Waals surface area (Å²) in [6.07, 6.45) is 0.703. The van der Waals surface area contributed by atoms with Gasteiger partial charge in [0.15, 0.2) is 18.1 Å². The minimum absolute atomic E-state index is 0.00959. The van der Waals surface area contributed by atoms with Crippen LogP contribution in [0.25, 0.3) is 0 Å². The standard InChI is InChI=1S/C21H27NO4/c1-14-10-15(2)16(3)19(11-14)26-13-21(23)22-9-8-17-6-7-18(24-4)20(12-17)25-5/h6-7,10-12H,8-9,13H2,1-5H3,(H,22,23). The van der Waals surface area contributed by atoms with Crippen molar-refractivity contribution in [2.75, 3.05) is 27.4 Å². The number of ether oxygens (including phenoxy) is 3. The zero-order valence-electron chi connectivity index (χ0n) is 16.1. The number of benzene rings is 2. The van der Waals surface area contributed by atoms with Gasteiger partial charge in [0.1, 0.15) is 5.75 Å². The van der Waals surface area contributed by atoms with Crippen LogP contribution in [0.15, 0.2) is 30.3 Å². The van der Waals surface area contributed by atoms with E-state index in [1.54, 1.807) is 14.2 Å². The molecule has 2 aromatic rings. The van der Waals surface area contributed by atoms with Gasteiger partial charge in [-0.1, -0.05) is 12.1 Å². The highest BCUT2D eigenvalue weighted by Gasteiger charge is 2.08. The van der Waals surface area contributed by atoms with Crippen LogP contribution in [-0.2, 0) is 11.2 Å². The van der Waals surface area contributed by atoms with E-state index in [1.807, 2.05) is 45.0 Å². The summed E-state index contributed by atoms with van der Waals surface area (Å²) in [5, 5.41) is 2.88. The number of aryl methyl sites for hydroxylation is 2. The predicted molar refractivity (Wildman–Crippen MR) is 102 cm³/mol. The number of carbonyl (C=O) groups excluding carboxylic acids is 1.